The Bertz CT molecular complexity index is 1090. The summed E-state index contributed by atoms with van der Waals surface area (Å²) in [7, 11) is 0. The van der Waals surface area contributed by atoms with E-state index >= 15 is 0 Å². The number of rotatable bonds is 6. The maximum Gasteiger partial charge on any atom is 0.251 e. The molecule has 8 heteroatoms. The van der Waals surface area contributed by atoms with Gasteiger partial charge in [0.2, 0.25) is 5.91 Å². The van der Waals surface area contributed by atoms with Crippen molar-refractivity contribution < 1.29 is 14.3 Å². The maximum atomic E-state index is 12.8. The van der Waals surface area contributed by atoms with Gasteiger partial charge in [-0.2, -0.15) is 0 Å². The summed E-state index contributed by atoms with van der Waals surface area (Å²) in [6, 6.07) is 15.7. The Labute approximate surface area is 206 Å². The van der Waals surface area contributed by atoms with Gasteiger partial charge in [0.05, 0.1) is 19.5 Å². The van der Waals surface area contributed by atoms with Crippen LogP contribution >= 0.6 is 0 Å². The van der Waals surface area contributed by atoms with E-state index in [0.29, 0.717) is 57.1 Å². The Morgan fingerprint density at radius 3 is 2.80 bits per heavy atom. The second kappa shape index (κ2) is 12.7. The largest absolute Gasteiger partial charge is 0.493 e. The second-order valence-electron chi connectivity index (χ2n) is 8.80. The second-order valence-corrected chi connectivity index (χ2v) is 8.80. The van der Waals surface area contributed by atoms with Crippen LogP contribution in [0.2, 0.25) is 0 Å². The van der Waals surface area contributed by atoms with Crippen molar-refractivity contribution in [3.05, 3.63) is 83.4 Å². The molecule has 0 aliphatic carbocycles. The molecule has 0 radical (unpaired) electrons. The molecule has 3 N–H and O–H groups in total. The number of carbonyl (C=O) groups is 2. The molecule has 8 nitrogen and oxygen atoms in total. The third-order valence-corrected chi connectivity index (χ3v) is 5.98. The molecule has 0 spiro atoms. The normalized spacial score (nSPS) is 15.5. The number of ether oxygens (including phenoxy) is 1. The van der Waals surface area contributed by atoms with Crippen molar-refractivity contribution in [3.8, 4) is 5.75 Å². The minimum Gasteiger partial charge on any atom is -0.493 e. The molecule has 0 fully saturated rings. The van der Waals surface area contributed by atoms with Crippen molar-refractivity contribution in [2.24, 2.45) is 0 Å². The molecule has 2 aromatic carbocycles. The number of H-pyrrole nitrogens is 1. The van der Waals surface area contributed by atoms with Crippen molar-refractivity contribution in [2.45, 2.75) is 38.8 Å². The zero-order valence-electron chi connectivity index (χ0n) is 20.0. The Morgan fingerprint density at radius 2 is 1.97 bits per heavy atom. The van der Waals surface area contributed by atoms with E-state index in [1.165, 1.54) is 0 Å². The predicted octanol–water partition coefficient (Wildman–Crippen LogP) is 3.06. The summed E-state index contributed by atoms with van der Waals surface area (Å²) < 4.78 is 6.16. The summed E-state index contributed by atoms with van der Waals surface area (Å²) in [4.78, 5) is 34.5. The Balaban J connectivity index is 1.50. The third-order valence-electron chi connectivity index (χ3n) is 5.98. The van der Waals surface area contributed by atoms with Crippen LogP contribution in [0.1, 0.15) is 46.4 Å². The summed E-state index contributed by atoms with van der Waals surface area (Å²) >= 11 is 0. The first kappa shape index (κ1) is 24.5. The highest BCUT2D eigenvalue weighted by molar-refractivity contribution is 5.94. The van der Waals surface area contributed by atoms with E-state index in [4.69, 9.17) is 4.74 Å². The van der Waals surface area contributed by atoms with E-state index in [1.807, 2.05) is 36.4 Å². The predicted molar refractivity (Wildman–Crippen MR) is 134 cm³/mol. The zero-order chi connectivity index (χ0) is 24.3. The van der Waals surface area contributed by atoms with Gasteiger partial charge in [-0.15, -0.1) is 0 Å². The zero-order valence-corrected chi connectivity index (χ0v) is 20.0. The highest BCUT2D eigenvalue weighted by Gasteiger charge is 2.17. The van der Waals surface area contributed by atoms with Gasteiger partial charge in [-0.25, -0.2) is 4.98 Å². The summed E-state index contributed by atoms with van der Waals surface area (Å²) in [5.41, 5.74) is 3.64. The fourth-order valence-corrected chi connectivity index (χ4v) is 4.12. The SMILES string of the molecule is O=C1CN(Cc2ccccc2)Cc2ccc(C(=O)NCCc3cnc[nH]3)cc2OCCCCCN1. The van der Waals surface area contributed by atoms with Crippen molar-refractivity contribution in [3.63, 3.8) is 0 Å². The highest BCUT2D eigenvalue weighted by Crippen LogP contribution is 2.24. The van der Waals surface area contributed by atoms with E-state index in [0.717, 1.165) is 36.1 Å². The fourth-order valence-electron chi connectivity index (χ4n) is 4.12. The molecule has 0 unspecified atom stereocenters. The van der Waals surface area contributed by atoms with Crippen LogP contribution in [-0.2, 0) is 24.3 Å². The lowest BCUT2D eigenvalue weighted by atomic mass is 10.1. The number of nitrogens with one attached hydrogen (secondary N) is 3. The minimum atomic E-state index is -0.139. The van der Waals surface area contributed by atoms with Gasteiger partial charge in [-0.1, -0.05) is 36.4 Å². The lowest BCUT2D eigenvalue weighted by molar-refractivity contribution is -0.122. The molecular weight excluding hydrogens is 442 g/mol. The first-order valence-corrected chi connectivity index (χ1v) is 12.2. The topological polar surface area (TPSA) is 99.4 Å². The van der Waals surface area contributed by atoms with E-state index in [2.05, 4.69) is 37.6 Å². The number of hydrogen-bond donors (Lipinski definition) is 3. The Kier molecular flexibility index (Phi) is 8.89. The number of benzene rings is 2. The number of hydrogen-bond acceptors (Lipinski definition) is 5. The van der Waals surface area contributed by atoms with Crippen LogP contribution in [0.15, 0.2) is 61.1 Å². The van der Waals surface area contributed by atoms with E-state index in [9.17, 15) is 9.59 Å². The van der Waals surface area contributed by atoms with Gasteiger partial charge in [0.15, 0.2) is 0 Å². The number of amides is 2. The average molecular weight is 476 g/mol. The first-order chi connectivity index (χ1) is 17.2. The summed E-state index contributed by atoms with van der Waals surface area (Å²) in [5, 5.41) is 6.00. The van der Waals surface area contributed by atoms with Crippen LogP contribution in [-0.4, -0.2) is 52.9 Å². The number of fused-ring (bicyclic) bond motifs is 1. The summed E-state index contributed by atoms with van der Waals surface area (Å²) in [6.45, 7) is 3.24. The van der Waals surface area contributed by atoms with Crippen LogP contribution in [0.4, 0.5) is 0 Å². The van der Waals surface area contributed by atoms with Gasteiger partial charge in [0, 0.05) is 55.6 Å². The van der Waals surface area contributed by atoms with E-state index in [-0.39, 0.29) is 11.8 Å². The molecule has 0 saturated carbocycles. The number of aromatic amines is 1. The molecule has 0 bridgehead atoms. The maximum absolute atomic E-state index is 12.8. The van der Waals surface area contributed by atoms with Crippen LogP contribution < -0.4 is 15.4 Å². The van der Waals surface area contributed by atoms with Crippen molar-refractivity contribution >= 4 is 11.8 Å². The van der Waals surface area contributed by atoms with Crippen molar-refractivity contribution in [2.75, 3.05) is 26.2 Å². The number of imidazole rings is 1. The van der Waals surface area contributed by atoms with Crippen LogP contribution in [0, 0.1) is 0 Å². The Morgan fingerprint density at radius 1 is 1.09 bits per heavy atom. The lowest BCUT2D eigenvalue weighted by Crippen LogP contribution is -2.37. The monoisotopic (exact) mass is 475 g/mol. The lowest BCUT2D eigenvalue weighted by Gasteiger charge is -2.23. The molecule has 35 heavy (non-hydrogen) atoms. The molecule has 2 amide bonds. The van der Waals surface area contributed by atoms with Crippen LogP contribution in [0.5, 0.6) is 5.75 Å². The first-order valence-electron chi connectivity index (χ1n) is 12.2. The number of carbonyl (C=O) groups excluding carboxylic acids is 2. The number of nitrogens with zero attached hydrogens (tertiary/aromatic N) is 2. The molecule has 1 aliphatic rings. The molecule has 0 saturated heterocycles. The van der Waals surface area contributed by atoms with Crippen LogP contribution in [0.3, 0.4) is 0 Å². The standard InChI is InChI=1S/C27H33N5O3/c33-26-19-32(17-21-7-3-1-4-8-21)18-23-10-9-22(15-25(23)35-14-6-2-5-12-29-26)27(34)30-13-11-24-16-28-20-31-24/h1,3-4,7-10,15-16,20H,2,5-6,11-14,17-19H2,(H,28,31)(H,29,33)(H,30,34). The van der Waals surface area contributed by atoms with Gasteiger partial charge in [0.1, 0.15) is 5.75 Å². The Hall–Kier alpha value is -3.65. The molecule has 0 atom stereocenters. The molecule has 4 rings (SSSR count). The minimum absolute atomic E-state index is 0.0240. The molecule has 1 aromatic heterocycles. The quantitative estimate of drug-likeness (QED) is 0.509. The van der Waals surface area contributed by atoms with E-state index in [1.54, 1.807) is 12.5 Å². The average Bonchev–Trinajstić information content (AvgIpc) is 3.38. The van der Waals surface area contributed by atoms with Gasteiger partial charge in [0.25, 0.3) is 5.91 Å². The van der Waals surface area contributed by atoms with Gasteiger partial charge in [-0.3, -0.25) is 14.5 Å². The fraction of sp³-hybridized carbons (Fsp3) is 0.370. The van der Waals surface area contributed by atoms with Gasteiger partial charge < -0.3 is 20.4 Å². The number of aromatic nitrogens is 2. The molecule has 2 heterocycles. The molecule has 3 aromatic rings. The van der Waals surface area contributed by atoms with Gasteiger partial charge in [-0.05, 0) is 37.0 Å². The van der Waals surface area contributed by atoms with Crippen molar-refractivity contribution in [1.82, 2.24) is 25.5 Å². The smallest absolute Gasteiger partial charge is 0.251 e. The summed E-state index contributed by atoms with van der Waals surface area (Å²) in [5.74, 6) is 0.583. The highest BCUT2D eigenvalue weighted by atomic mass is 16.5. The molecule has 184 valence electrons. The van der Waals surface area contributed by atoms with Crippen molar-refractivity contribution in [1.29, 1.82) is 0 Å². The molecule has 1 aliphatic heterocycles. The third kappa shape index (κ3) is 7.68. The van der Waals surface area contributed by atoms with Crippen LogP contribution in [0.25, 0.3) is 0 Å². The summed E-state index contributed by atoms with van der Waals surface area (Å²) in [6.07, 6.45) is 6.85. The molecular formula is C27H33N5O3. The van der Waals surface area contributed by atoms with Gasteiger partial charge >= 0.3 is 0 Å². The van der Waals surface area contributed by atoms with E-state index < -0.39 is 0 Å².